The van der Waals surface area contributed by atoms with Crippen LogP contribution in [0.2, 0.25) is 10.2 Å². The van der Waals surface area contributed by atoms with Crippen molar-refractivity contribution in [3.63, 3.8) is 0 Å². The van der Waals surface area contributed by atoms with Crippen LogP contribution in [-0.2, 0) is 25.5 Å². The van der Waals surface area contributed by atoms with Crippen LogP contribution in [0.3, 0.4) is 0 Å². The van der Waals surface area contributed by atoms with Crippen LogP contribution < -0.4 is 5.32 Å². The summed E-state index contributed by atoms with van der Waals surface area (Å²) in [7, 11) is 1.29. The van der Waals surface area contributed by atoms with Crippen LogP contribution in [0.1, 0.15) is 54.8 Å². The fraction of sp³-hybridized carbons (Fsp3) is 0.310. The molecule has 42 heavy (non-hydrogen) atoms. The Bertz CT molecular complexity index is 1580. The Hall–Kier alpha value is -3.96. The van der Waals surface area contributed by atoms with Gasteiger partial charge in [-0.1, -0.05) is 47.5 Å². The molecule has 0 unspecified atom stereocenters. The number of rotatable bonds is 4. The van der Waals surface area contributed by atoms with E-state index in [0.29, 0.717) is 41.2 Å². The molecule has 0 spiro atoms. The zero-order valence-electron chi connectivity index (χ0n) is 22.4. The van der Waals surface area contributed by atoms with E-state index in [4.69, 9.17) is 37.7 Å². The number of benzene rings is 2. The van der Waals surface area contributed by atoms with Gasteiger partial charge in [0.2, 0.25) is 5.91 Å². The molecule has 1 aromatic heterocycles. The first-order valence-electron chi connectivity index (χ1n) is 13.2. The summed E-state index contributed by atoms with van der Waals surface area (Å²) in [6, 6.07) is 6.54. The van der Waals surface area contributed by atoms with Crippen LogP contribution in [0.4, 0.5) is 19.3 Å². The van der Waals surface area contributed by atoms with Gasteiger partial charge in [-0.25, -0.2) is 18.6 Å². The van der Waals surface area contributed by atoms with Crippen molar-refractivity contribution in [1.82, 2.24) is 14.9 Å². The summed E-state index contributed by atoms with van der Waals surface area (Å²) in [5.41, 5.74) is 1.46. The summed E-state index contributed by atoms with van der Waals surface area (Å²) >= 11 is 12.4. The van der Waals surface area contributed by atoms with Crippen molar-refractivity contribution in [2.75, 3.05) is 19.0 Å². The molecular formula is C29H26Cl2F2N4O5. The van der Waals surface area contributed by atoms with Crippen LogP contribution in [-0.4, -0.2) is 46.5 Å². The third-order valence-corrected chi connectivity index (χ3v) is 7.70. The summed E-state index contributed by atoms with van der Waals surface area (Å²) in [6.45, 7) is 0.106. The Morgan fingerprint density at radius 1 is 1.19 bits per heavy atom. The Balaban J connectivity index is 1.48. The highest BCUT2D eigenvalue weighted by atomic mass is 35.5. The fourth-order valence-corrected chi connectivity index (χ4v) is 5.44. The molecule has 2 N–H and O–H groups in total. The van der Waals surface area contributed by atoms with Gasteiger partial charge in [-0.05, 0) is 36.6 Å². The number of nitrogens with one attached hydrogen (secondary N) is 2. The Kier molecular flexibility index (Phi) is 8.79. The molecule has 0 aliphatic carbocycles. The fourth-order valence-electron chi connectivity index (χ4n) is 5.03. The average molecular weight is 619 g/mol. The maximum absolute atomic E-state index is 14.6. The molecule has 2 bridgehead atoms. The zero-order valence-corrected chi connectivity index (χ0v) is 23.9. The van der Waals surface area contributed by atoms with E-state index >= 15 is 0 Å². The molecule has 1 fully saturated rings. The minimum atomic E-state index is -1.16. The van der Waals surface area contributed by atoms with Crippen LogP contribution >= 0.6 is 23.2 Å². The molecule has 0 radical (unpaired) electrons. The van der Waals surface area contributed by atoms with Gasteiger partial charge in [0.05, 0.1) is 35.8 Å². The number of carbonyl (C=O) groups is 3. The number of aromatic amines is 1. The van der Waals surface area contributed by atoms with E-state index in [1.165, 1.54) is 12.0 Å². The molecule has 13 heteroatoms. The third kappa shape index (κ3) is 6.12. The van der Waals surface area contributed by atoms with E-state index in [1.54, 1.807) is 18.2 Å². The number of ether oxygens (including phenoxy) is 2. The number of nitrogens with zero attached hydrogens (tertiary/aromatic N) is 2. The van der Waals surface area contributed by atoms with E-state index < -0.39 is 41.4 Å². The number of allylic oxidation sites excluding steroid dienone is 1. The van der Waals surface area contributed by atoms with Crippen LogP contribution in [0.5, 0.6) is 0 Å². The number of carbonyl (C=O) groups excluding carboxylic acids is 3. The van der Waals surface area contributed by atoms with E-state index in [0.717, 1.165) is 12.1 Å². The van der Waals surface area contributed by atoms with E-state index in [2.05, 4.69) is 10.3 Å². The maximum atomic E-state index is 14.6. The van der Waals surface area contributed by atoms with Gasteiger partial charge in [0.15, 0.2) is 5.82 Å². The molecule has 3 aromatic rings. The van der Waals surface area contributed by atoms with Gasteiger partial charge in [0, 0.05) is 24.9 Å². The quantitative estimate of drug-likeness (QED) is 0.191. The number of fused-ring (bicyclic) bond motifs is 4. The number of anilines is 1. The van der Waals surface area contributed by atoms with Gasteiger partial charge in [-0.15, -0.1) is 0 Å². The summed E-state index contributed by atoms with van der Waals surface area (Å²) in [5, 5.41) is 2.77. The van der Waals surface area contributed by atoms with Crippen molar-refractivity contribution in [3.8, 4) is 11.3 Å². The summed E-state index contributed by atoms with van der Waals surface area (Å²) < 4.78 is 39.4. The van der Waals surface area contributed by atoms with Gasteiger partial charge in [-0.3, -0.25) is 14.5 Å². The number of aromatic nitrogens is 2. The molecule has 2 atom stereocenters. The molecule has 0 saturated carbocycles. The minimum Gasteiger partial charge on any atom is -0.469 e. The molecule has 3 heterocycles. The molecule has 2 aromatic carbocycles. The largest absolute Gasteiger partial charge is 0.469 e. The normalized spacial score (nSPS) is 19.9. The van der Waals surface area contributed by atoms with Crippen molar-refractivity contribution in [2.45, 2.75) is 44.2 Å². The van der Waals surface area contributed by atoms with Gasteiger partial charge < -0.3 is 19.8 Å². The third-order valence-electron chi connectivity index (χ3n) is 7.13. The number of amides is 2. The molecule has 2 amide bonds. The van der Waals surface area contributed by atoms with E-state index in [9.17, 15) is 23.2 Å². The van der Waals surface area contributed by atoms with Crippen molar-refractivity contribution in [2.24, 2.45) is 0 Å². The van der Waals surface area contributed by atoms with Crippen molar-refractivity contribution in [1.29, 1.82) is 0 Å². The average Bonchev–Trinajstić information content (AvgIpc) is 3.34. The summed E-state index contributed by atoms with van der Waals surface area (Å²) in [4.78, 5) is 47.0. The molecule has 220 valence electrons. The van der Waals surface area contributed by atoms with Crippen LogP contribution in [0.15, 0.2) is 42.5 Å². The Morgan fingerprint density at radius 2 is 2.00 bits per heavy atom. The monoisotopic (exact) mass is 618 g/mol. The van der Waals surface area contributed by atoms with Crippen molar-refractivity contribution < 1.29 is 32.6 Å². The van der Waals surface area contributed by atoms with Crippen molar-refractivity contribution in [3.05, 3.63) is 81.2 Å². The molecule has 2 aliphatic heterocycles. The van der Waals surface area contributed by atoms with Crippen molar-refractivity contribution >= 4 is 46.9 Å². The second-order valence-electron chi connectivity index (χ2n) is 9.84. The number of imidazole rings is 1. The highest BCUT2D eigenvalue weighted by Crippen LogP contribution is 2.39. The standard InChI is InChI=1S/C29H26Cl2F2N4O5/c1-41-23(39)14-15-7-8-16-19(13-15)34-22(38)6-4-2-3-5-20(28-35-26(16)27(31)36-28)37-12-11-21(42-29(37)40)24-18(32)10-9-17(30)25(24)33/h2-3,7-10,13,20-21H,4-6,11-12,14H2,1H3,(H,34,38)(H,35,36)/b3-2+/t20-,21+/m0/s1. The molecule has 9 nitrogen and oxygen atoms in total. The van der Waals surface area contributed by atoms with E-state index in [-0.39, 0.29) is 41.9 Å². The number of hydrogen-bond acceptors (Lipinski definition) is 6. The molecule has 1 saturated heterocycles. The van der Waals surface area contributed by atoms with E-state index in [1.807, 2.05) is 12.2 Å². The number of esters is 1. The highest BCUT2D eigenvalue weighted by molar-refractivity contribution is 6.32. The highest BCUT2D eigenvalue weighted by Gasteiger charge is 2.37. The van der Waals surface area contributed by atoms with Crippen LogP contribution in [0, 0.1) is 11.6 Å². The maximum Gasteiger partial charge on any atom is 0.411 e. The first-order chi connectivity index (χ1) is 20.2. The number of cyclic esters (lactones) is 1. The van der Waals surface area contributed by atoms with Crippen LogP contribution in [0.25, 0.3) is 11.3 Å². The summed E-state index contributed by atoms with van der Waals surface area (Å²) in [5.74, 6) is -2.15. The predicted molar refractivity (Wildman–Crippen MR) is 151 cm³/mol. The lowest BCUT2D eigenvalue weighted by molar-refractivity contribution is -0.139. The van der Waals surface area contributed by atoms with Gasteiger partial charge in [0.25, 0.3) is 0 Å². The predicted octanol–water partition coefficient (Wildman–Crippen LogP) is 6.68. The van der Waals surface area contributed by atoms with Gasteiger partial charge >= 0.3 is 12.1 Å². The molecular weight excluding hydrogens is 593 g/mol. The topological polar surface area (TPSA) is 114 Å². The second kappa shape index (κ2) is 12.5. The lowest BCUT2D eigenvalue weighted by atomic mass is 10.0. The second-order valence-corrected chi connectivity index (χ2v) is 10.6. The number of hydrogen-bond donors (Lipinski definition) is 2. The lowest BCUT2D eigenvalue weighted by Gasteiger charge is -2.36. The molecule has 2 aliphatic rings. The number of halogens is 4. The lowest BCUT2D eigenvalue weighted by Crippen LogP contribution is -2.42. The zero-order chi connectivity index (χ0) is 30.0. The minimum absolute atomic E-state index is 0.00502. The van der Waals surface area contributed by atoms with Gasteiger partial charge in [0.1, 0.15) is 28.6 Å². The SMILES string of the molecule is COC(=O)Cc1ccc2c(c1)NC(=O)CC/C=C/C[C@H](N1CC[C@H](c3c(F)ccc(Cl)c3F)OC1=O)c1nc-2c(Cl)[nH]1. The Morgan fingerprint density at radius 3 is 2.76 bits per heavy atom. The Labute approximate surface area is 249 Å². The first-order valence-corrected chi connectivity index (χ1v) is 13.9. The molecule has 5 rings (SSSR count). The number of methoxy groups -OCH3 is 1. The first kappa shape index (κ1) is 29.5. The smallest absolute Gasteiger partial charge is 0.411 e. The summed E-state index contributed by atoms with van der Waals surface area (Å²) in [6.07, 6.45) is 2.72. The number of H-pyrrole nitrogens is 1. The van der Waals surface area contributed by atoms with Gasteiger partial charge in [-0.2, -0.15) is 0 Å².